The number of para-hydroxylation sites is 2. The Bertz CT molecular complexity index is 1100. The number of hydrogen-bond acceptors (Lipinski definition) is 3. The molecule has 0 spiro atoms. The molecule has 0 saturated carbocycles. The molecule has 0 radical (unpaired) electrons. The lowest BCUT2D eigenvalue weighted by molar-refractivity contribution is 0.0601. The van der Waals surface area contributed by atoms with Crippen molar-refractivity contribution in [3.63, 3.8) is 0 Å². The topological polar surface area (TPSA) is 44.1 Å². The number of fused-ring (bicyclic) bond motifs is 1. The first kappa shape index (κ1) is 16.4. The van der Waals surface area contributed by atoms with Crippen LogP contribution in [0.1, 0.15) is 10.4 Å². The average molecular weight is 363 g/mol. The Morgan fingerprint density at radius 3 is 2.50 bits per heavy atom. The van der Waals surface area contributed by atoms with E-state index in [0.717, 1.165) is 22.4 Å². The summed E-state index contributed by atoms with van der Waals surface area (Å²) in [5.74, 6) is 0.304. The van der Waals surface area contributed by atoms with E-state index in [0.29, 0.717) is 16.3 Å². The van der Waals surface area contributed by atoms with Gasteiger partial charge in [-0.2, -0.15) is 0 Å². The molecule has 0 bridgehead atoms. The summed E-state index contributed by atoms with van der Waals surface area (Å²) < 4.78 is 6.92. The van der Waals surface area contributed by atoms with Gasteiger partial charge in [-0.15, -0.1) is 0 Å². The van der Waals surface area contributed by atoms with Crippen molar-refractivity contribution < 1.29 is 9.53 Å². The third-order valence-electron chi connectivity index (χ3n) is 4.20. The molecule has 128 valence electrons. The summed E-state index contributed by atoms with van der Waals surface area (Å²) >= 11 is 6.12. The van der Waals surface area contributed by atoms with E-state index in [9.17, 15) is 4.79 Å². The Morgan fingerprint density at radius 2 is 1.73 bits per heavy atom. The number of methoxy groups -OCH3 is 1. The minimum absolute atomic E-state index is 0.389. The van der Waals surface area contributed by atoms with E-state index in [4.69, 9.17) is 21.3 Å². The summed E-state index contributed by atoms with van der Waals surface area (Å²) in [6.07, 6.45) is 0. The highest BCUT2D eigenvalue weighted by Gasteiger charge is 2.20. The molecule has 5 heteroatoms. The molecule has 4 rings (SSSR count). The molecule has 4 aromatic rings. The lowest BCUT2D eigenvalue weighted by Crippen LogP contribution is -2.09. The second-order valence-electron chi connectivity index (χ2n) is 5.78. The van der Waals surface area contributed by atoms with Gasteiger partial charge in [0.25, 0.3) is 0 Å². The van der Waals surface area contributed by atoms with Gasteiger partial charge in [0, 0.05) is 10.6 Å². The number of esters is 1. The third kappa shape index (κ3) is 2.74. The summed E-state index contributed by atoms with van der Waals surface area (Å²) in [7, 11) is 1.36. The molecular formula is C21H15ClN2O2. The molecule has 3 aromatic carbocycles. The summed E-state index contributed by atoms with van der Waals surface area (Å²) in [6, 6.07) is 22.9. The lowest BCUT2D eigenvalue weighted by atomic mass is 10.1. The van der Waals surface area contributed by atoms with Gasteiger partial charge in [-0.1, -0.05) is 54.1 Å². The van der Waals surface area contributed by atoms with Crippen LogP contribution >= 0.6 is 11.6 Å². The fourth-order valence-electron chi connectivity index (χ4n) is 3.03. The molecule has 0 unspecified atom stereocenters. The molecule has 0 N–H and O–H groups in total. The maximum Gasteiger partial charge on any atom is 0.340 e. The second kappa shape index (κ2) is 6.65. The quantitative estimate of drug-likeness (QED) is 0.474. The van der Waals surface area contributed by atoms with Crippen LogP contribution in [-0.4, -0.2) is 22.6 Å². The molecule has 0 aliphatic rings. The summed E-state index contributed by atoms with van der Waals surface area (Å²) in [5, 5.41) is 0.472. The SMILES string of the molecule is COC(=O)c1cc(Cl)ccc1-n1c(-c2ccccc2)nc2ccccc21. The molecular weight excluding hydrogens is 348 g/mol. The molecule has 4 nitrogen and oxygen atoms in total. The van der Waals surface area contributed by atoms with Crippen molar-refractivity contribution in [3.05, 3.63) is 83.4 Å². The predicted molar refractivity (Wildman–Crippen MR) is 103 cm³/mol. The van der Waals surface area contributed by atoms with Crippen LogP contribution < -0.4 is 0 Å². The Labute approximate surface area is 155 Å². The number of imidazole rings is 1. The van der Waals surface area contributed by atoms with Crippen molar-refractivity contribution in [1.82, 2.24) is 9.55 Å². The number of rotatable bonds is 3. The van der Waals surface area contributed by atoms with Gasteiger partial charge in [0.05, 0.1) is 29.4 Å². The molecule has 1 heterocycles. The van der Waals surface area contributed by atoms with Crippen molar-refractivity contribution in [2.75, 3.05) is 7.11 Å². The Kier molecular flexibility index (Phi) is 4.19. The van der Waals surface area contributed by atoms with Crippen LogP contribution in [0.25, 0.3) is 28.1 Å². The van der Waals surface area contributed by atoms with Crippen LogP contribution in [-0.2, 0) is 4.74 Å². The van der Waals surface area contributed by atoms with Crippen molar-refractivity contribution in [3.8, 4) is 17.1 Å². The lowest BCUT2D eigenvalue weighted by Gasteiger charge is -2.13. The summed E-state index contributed by atoms with van der Waals surface area (Å²) in [6.45, 7) is 0. The van der Waals surface area contributed by atoms with Crippen LogP contribution in [0, 0.1) is 0 Å². The Balaban J connectivity index is 2.08. The maximum absolute atomic E-state index is 12.4. The van der Waals surface area contributed by atoms with Crippen LogP contribution in [0.3, 0.4) is 0 Å². The highest BCUT2D eigenvalue weighted by atomic mass is 35.5. The first-order valence-electron chi connectivity index (χ1n) is 8.10. The van der Waals surface area contributed by atoms with Gasteiger partial charge in [0.1, 0.15) is 5.82 Å². The van der Waals surface area contributed by atoms with Gasteiger partial charge in [-0.05, 0) is 30.3 Å². The van der Waals surface area contributed by atoms with Crippen LogP contribution in [0.2, 0.25) is 5.02 Å². The highest BCUT2D eigenvalue weighted by Crippen LogP contribution is 2.31. The minimum atomic E-state index is -0.445. The van der Waals surface area contributed by atoms with Gasteiger partial charge in [-0.25, -0.2) is 9.78 Å². The van der Waals surface area contributed by atoms with Crippen LogP contribution in [0.15, 0.2) is 72.8 Å². The zero-order chi connectivity index (χ0) is 18.1. The van der Waals surface area contributed by atoms with E-state index in [2.05, 4.69) is 0 Å². The zero-order valence-electron chi connectivity index (χ0n) is 14.0. The molecule has 26 heavy (non-hydrogen) atoms. The van der Waals surface area contributed by atoms with E-state index in [-0.39, 0.29) is 0 Å². The van der Waals surface area contributed by atoms with E-state index in [1.807, 2.05) is 65.2 Å². The van der Waals surface area contributed by atoms with E-state index in [1.54, 1.807) is 12.1 Å². The van der Waals surface area contributed by atoms with Gasteiger partial charge in [0.2, 0.25) is 0 Å². The first-order chi connectivity index (χ1) is 12.7. The average Bonchev–Trinajstić information content (AvgIpc) is 3.07. The number of benzene rings is 3. The van der Waals surface area contributed by atoms with Crippen molar-refractivity contribution in [2.24, 2.45) is 0 Å². The normalized spacial score (nSPS) is 10.8. The molecule has 1 aromatic heterocycles. The number of halogens is 1. The standard InChI is InChI=1S/C21H15ClN2O2/c1-26-21(25)16-13-15(22)11-12-18(16)24-19-10-6-5-9-17(19)23-20(24)14-7-3-2-4-8-14/h2-13H,1H3. The molecule has 0 fully saturated rings. The number of hydrogen-bond donors (Lipinski definition) is 0. The van der Waals surface area contributed by atoms with E-state index >= 15 is 0 Å². The summed E-state index contributed by atoms with van der Waals surface area (Å²) in [4.78, 5) is 17.1. The smallest absolute Gasteiger partial charge is 0.340 e. The van der Waals surface area contributed by atoms with Crippen LogP contribution in [0.5, 0.6) is 0 Å². The van der Waals surface area contributed by atoms with Gasteiger partial charge < -0.3 is 4.74 Å². The highest BCUT2D eigenvalue weighted by molar-refractivity contribution is 6.31. The number of ether oxygens (including phenoxy) is 1. The molecule has 0 aliphatic carbocycles. The van der Waals surface area contributed by atoms with E-state index in [1.165, 1.54) is 7.11 Å². The number of carbonyl (C=O) groups excluding carboxylic acids is 1. The van der Waals surface area contributed by atoms with Crippen molar-refractivity contribution >= 4 is 28.6 Å². The predicted octanol–water partition coefficient (Wildman–Crippen LogP) is 5.13. The summed E-state index contributed by atoms with van der Waals surface area (Å²) in [5.41, 5.74) is 3.76. The minimum Gasteiger partial charge on any atom is -0.465 e. The molecule has 0 saturated heterocycles. The largest absolute Gasteiger partial charge is 0.465 e. The third-order valence-corrected chi connectivity index (χ3v) is 4.43. The number of nitrogens with zero attached hydrogens (tertiary/aromatic N) is 2. The van der Waals surface area contributed by atoms with Crippen molar-refractivity contribution in [2.45, 2.75) is 0 Å². The Morgan fingerprint density at radius 1 is 1.00 bits per heavy atom. The first-order valence-corrected chi connectivity index (χ1v) is 8.48. The monoisotopic (exact) mass is 362 g/mol. The second-order valence-corrected chi connectivity index (χ2v) is 6.22. The van der Waals surface area contributed by atoms with Crippen LogP contribution in [0.4, 0.5) is 0 Å². The molecule has 0 atom stereocenters. The van der Waals surface area contributed by atoms with Gasteiger partial charge >= 0.3 is 5.97 Å². The number of aromatic nitrogens is 2. The van der Waals surface area contributed by atoms with E-state index < -0.39 is 5.97 Å². The molecule has 0 amide bonds. The maximum atomic E-state index is 12.4. The van der Waals surface area contributed by atoms with Gasteiger partial charge in [0.15, 0.2) is 0 Å². The Hall–Kier alpha value is -3.11. The fourth-order valence-corrected chi connectivity index (χ4v) is 3.20. The number of carbonyl (C=O) groups is 1. The molecule has 0 aliphatic heterocycles. The fraction of sp³-hybridized carbons (Fsp3) is 0.0476. The van der Waals surface area contributed by atoms with Gasteiger partial charge in [-0.3, -0.25) is 4.57 Å². The van der Waals surface area contributed by atoms with Crippen molar-refractivity contribution in [1.29, 1.82) is 0 Å². The zero-order valence-corrected chi connectivity index (χ0v) is 14.8.